The summed E-state index contributed by atoms with van der Waals surface area (Å²) in [6.07, 6.45) is 2.66. The quantitative estimate of drug-likeness (QED) is 0.875. The van der Waals surface area contributed by atoms with Crippen molar-refractivity contribution in [1.29, 1.82) is 0 Å². The molecule has 0 saturated heterocycles. The number of halogens is 2. The molecule has 1 fully saturated rings. The minimum absolute atomic E-state index is 0.226. The Kier molecular flexibility index (Phi) is 2.70. The highest BCUT2D eigenvalue weighted by molar-refractivity contribution is 5.69. The smallest absolute Gasteiger partial charge is 0.273 e. The van der Waals surface area contributed by atoms with E-state index < -0.39 is 17.9 Å². The molecule has 0 amide bonds. The number of hydrogen-bond acceptors (Lipinski definition) is 2. The van der Waals surface area contributed by atoms with E-state index in [0.29, 0.717) is 12.8 Å². The molecule has 2 aromatic rings. The largest absolute Gasteiger partial charge is 0.386 e. The number of fused-ring (bicyclic) bond motifs is 3. The number of nitrogens with zero attached hydrogens (tertiary/aromatic N) is 2. The van der Waals surface area contributed by atoms with Crippen LogP contribution in [0.3, 0.4) is 0 Å². The highest BCUT2D eigenvalue weighted by Gasteiger charge is 2.50. The summed E-state index contributed by atoms with van der Waals surface area (Å²) in [6, 6.07) is 7.55. The third-order valence-electron chi connectivity index (χ3n) is 4.81. The molecule has 1 aromatic heterocycles. The van der Waals surface area contributed by atoms with Crippen LogP contribution >= 0.6 is 0 Å². The Bertz CT molecular complexity index is 682. The van der Waals surface area contributed by atoms with Crippen LogP contribution in [0.25, 0.3) is 11.3 Å². The molecule has 1 saturated carbocycles. The third kappa shape index (κ3) is 1.77. The summed E-state index contributed by atoms with van der Waals surface area (Å²) in [6.45, 7) is 0. The van der Waals surface area contributed by atoms with Crippen LogP contribution in [0.1, 0.15) is 30.9 Å². The van der Waals surface area contributed by atoms with Gasteiger partial charge in [0.1, 0.15) is 6.10 Å². The van der Waals surface area contributed by atoms with Gasteiger partial charge in [-0.2, -0.15) is 0 Å². The molecule has 0 spiro atoms. The number of alkyl halides is 2. The van der Waals surface area contributed by atoms with E-state index >= 15 is 0 Å². The first kappa shape index (κ1) is 13.0. The lowest BCUT2D eigenvalue weighted by Gasteiger charge is -2.38. The van der Waals surface area contributed by atoms with Gasteiger partial charge in [-0.3, -0.25) is 0 Å². The summed E-state index contributed by atoms with van der Waals surface area (Å²) >= 11 is 0. The van der Waals surface area contributed by atoms with E-state index in [-0.39, 0.29) is 12.5 Å². The van der Waals surface area contributed by atoms with Crippen molar-refractivity contribution >= 4 is 0 Å². The summed E-state index contributed by atoms with van der Waals surface area (Å²) in [5.74, 6) is -3.48. The number of aliphatic hydroxyl groups excluding tert-OH is 1. The molecule has 1 aromatic carbocycles. The monoisotopic (exact) mass is 290 g/mol. The first-order valence-electron chi connectivity index (χ1n) is 7.26. The lowest BCUT2D eigenvalue weighted by atomic mass is 9.77. The minimum Gasteiger partial charge on any atom is -0.386 e. The molecule has 2 heterocycles. The number of aliphatic hydroxyl groups is 1. The Hall–Kier alpha value is -1.75. The van der Waals surface area contributed by atoms with Crippen molar-refractivity contribution in [3.8, 4) is 11.3 Å². The van der Waals surface area contributed by atoms with E-state index in [4.69, 9.17) is 0 Å². The predicted molar refractivity (Wildman–Crippen MR) is 74.1 cm³/mol. The molecule has 0 radical (unpaired) electrons. The molecule has 4 rings (SSSR count). The Morgan fingerprint density at radius 3 is 2.95 bits per heavy atom. The zero-order valence-electron chi connectivity index (χ0n) is 11.4. The fourth-order valence-electron chi connectivity index (χ4n) is 3.83. The fourth-order valence-corrected chi connectivity index (χ4v) is 3.83. The van der Waals surface area contributed by atoms with Crippen LogP contribution in [-0.4, -0.2) is 26.7 Å². The molecule has 0 unspecified atom stereocenters. The van der Waals surface area contributed by atoms with Gasteiger partial charge in [-0.15, -0.1) is 0 Å². The second kappa shape index (κ2) is 4.37. The Labute approximate surface area is 121 Å². The van der Waals surface area contributed by atoms with Gasteiger partial charge < -0.3 is 9.67 Å². The number of benzene rings is 1. The Morgan fingerprint density at radius 1 is 1.29 bits per heavy atom. The van der Waals surface area contributed by atoms with Crippen LogP contribution in [0.15, 0.2) is 36.8 Å². The van der Waals surface area contributed by atoms with Gasteiger partial charge in [0.15, 0.2) is 0 Å². The van der Waals surface area contributed by atoms with Gasteiger partial charge in [0, 0.05) is 17.9 Å². The van der Waals surface area contributed by atoms with Crippen LogP contribution in [0, 0.1) is 5.92 Å². The molecule has 5 heteroatoms. The first-order valence-corrected chi connectivity index (χ1v) is 7.26. The maximum absolute atomic E-state index is 13.9. The Balaban J connectivity index is 1.82. The fraction of sp³-hybridized carbons (Fsp3) is 0.438. The summed E-state index contributed by atoms with van der Waals surface area (Å²) in [7, 11) is 0. The Morgan fingerprint density at radius 2 is 2.10 bits per heavy atom. The summed E-state index contributed by atoms with van der Waals surface area (Å²) in [5, 5.41) is 10.2. The maximum atomic E-state index is 13.9. The summed E-state index contributed by atoms with van der Waals surface area (Å²) in [5.41, 5.74) is 2.98. The van der Waals surface area contributed by atoms with Crippen LogP contribution in [0.2, 0.25) is 0 Å². The van der Waals surface area contributed by atoms with E-state index in [1.807, 2.05) is 28.8 Å². The average molecular weight is 290 g/mol. The zero-order valence-corrected chi connectivity index (χ0v) is 11.4. The second-order valence-electron chi connectivity index (χ2n) is 5.98. The van der Waals surface area contributed by atoms with Gasteiger partial charge in [-0.1, -0.05) is 24.3 Å². The van der Waals surface area contributed by atoms with E-state index in [9.17, 15) is 13.9 Å². The van der Waals surface area contributed by atoms with Gasteiger partial charge in [-0.25, -0.2) is 13.8 Å². The molecule has 21 heavy (non-hydrogen) atoms. The lowest BCUT2D eigenvalue weighted by molar-refractivity contribution is -0.160. The lowest BCUT2D eigenvalue weighted by Crippen LogP contribution is -2.46. The minimum atomic E-state index is -3.00. The number of aromatic nitrogens is 2. The number of hydrogen-bond donors (Lipinski definition) is 1. The summed E-state index contributed by atoms with van der Waals surface area (Å²) in [4.78, 5) is 4.14. The van der Waals surface area contributed by atoms with Gasteiger partial charge >= 0.3 is 0 Å². The average Bonchev–Trinajstić information content (AvgIpc) is 3.03. The van der Waals surface area contributed by atoms with E-state index in [1.165, 1.54) is 0 Å². The van der Waals surface area contributed by atoms with Crippen molar-refractivity contribution in [2.75, 3.05) is 0 Å². The summed E-state index contributed by atoms with van der Waals surface area (Å²) < 4.78 is 29.7. The first-order chi connectivity index (χ1) is 10.1. The number of imidazole rings is 1. The van der Waals surface area contributed by atoms with Gasteiger partial charge in [0.2, 0.25) is 0 Å². The third-order valence-corrected chi connectivity index (χ3v) is 4.81. The van der Waals surface area contributed by atoms with Crippen LogP contribution < -0.4 is 0 Å². The van der Waals surface area contributed by atoms with Crippen LogP contribution in [0.5, 0.6) is 0 Å². The zero-order chi connectivity index (χ0) is 14.6. The van der Waals surface area contributed by atoms with Gasteiger partial charge in [0.25, 0.3) is 5.92 Å². The normalized spacial score (nSPS) is 30.0. The highest BCUT2D eigenvalue weighted by atomic mass is 19.3. The van der Waals surface area contributed by atoms with E-state index in [0.717, 1.165) is 16.8 Å². The second-order valence-corrected chi connectivity index (χ2v) is 5.98. The van der Waals surface area contributed by atoms with Crippen molar-refractivity contribution in [3.63, 3.8) is 0 Å². The molecule has 1 aliphatic heterocycles. The molecule has 2 aliphatic rings. The highest BCUT2D eigenvalue weighted by Crippen LogP contribution is 2.49. The molecular formula is C16H16F2N2O. The molecule has 3 atom stereocenters. The van der Waals surface area contributed by atoms with Gasteiger partial charge in [0.05, 0.1) is 24.3 Å². The van der Waals surface area contributed by atoms with E-state index in [2.05, 4.69) is 4.98 Å². The maximum Gasteiger partial charge on any atom is 0.273 e. The molecule has 1 N–H and O–H groups in total. The van der Waals surface area contributed by atoms with Crippen molar-refractivity contribution in [2.24, 2.45) is 5.92 Å². The molecule has 1 aliphatic carbocycles. The number of rotatable bonds is 1. The van der Waals surface area contributed by atoms with Crippen molar-refractivity contribution in [3.05, 3.63) is 42.4 Å². The molecule has 0 bridgehead atoms. The standard InChI is InChI=1S/C16H16F2N2O/c17-16(18)7-3-6-12(15(16)21)14-11-5-2-1-4-10(11)13-8-19-9-20(13)14/h1-2,4-5,8-9,12,14-15,21H,3,6-7H2/t12-,14-,15-/m0/s1. The molecule has 110 valence electrons. The van der Waals surface area contributed by atoms with Crippen LogP contribution in [-0.2, 0) is 0 Å². The molecule has 3 nitrogen and oxygen atoms in total. The topological polar surface area (TPSA) is 38.1 Å². The van der Waals surface area contributed by atoms with Crippen LogP contribution in [0.4, 0.5) is 8.78 Å². The van der Waals surface area contributed by atoms with Gasteiger partial charge in [-0.05, 0) is 18.4 Å². The van der Waals surface area contributed by atoms with Crippen molar-refractivity contribution < 1.29 is 13.9 Å². The predicted octanol–water partition coefficient (Wildman–Crippen LogP) is 3.25. The van der Waals surface area contributed by atoms with Crippen molar-refractivity contribution in [1.82, 2.24) is 9.55 Å². The van der Waals surface area contributed by atoms with E-state index in [1.54, 1.807) is 12.5 Å². The molecular weight excluding hydrogens is 274 g/mol. The van der Waals surface area contributed by atoms with Crippen molar-refractivity contribution in [2.45, 2.75) is 37.3 Å². The SMILES string of the molecule is O[C@H]1[C@H]([C@@H]2c3ccccc3-c3cncn32)CCCC1(F)F.